The predicted molar refractivity (Wildman–Crippen MR) is 168 cm³/mol. The Morgan fingerprint density at radius 1 is 0.886 bits per heavy atom. The third-order valence-corrected chi connectivity index (χ3v) is 11.8. The number of rotatable bonds is 15. The van der Waals surface area contributed by atoms with Crippen molar-refractivity contribution < 1.29 is 39.5 Å². The molecule has 250 valence electrons. The van der Waals surface area contributed by atoms with E-state index in [0.717, 1.165) is 19.3 Å². The molecule has 8 heteroatoms. The SMILES string of the molecule is CCCCCCCCCCCC(=O)O[C@@]12C[C@@H](C)[C@]34C=C(C)[C@H](O)[C@@]3(O)[C@H](O)C(COC(=O)CCC)=C[C@H](C4O)[C@@H]1C2(C)C. The summed E-state index contributed by atoms with van der Waals surface area (Å²) in [6.07, 6.45) is 11.2. The van der Waals surface area contributed by atoms with Crippen LogP contribution in [0.25, 0.3) is 0 Å². The van der Waals surface area contributed by atoms with Crippen molar-refractivity contribution >= 4 is 11.9 Å². The molecule has 1 unspecified atom stereocenters. The first-order chi connectivity index (χ1) is 20.8. The van der Waals surface area contributed by atoms with Crippen molar-refractivity contribution in [1.82, 2.24) is 0 Å². The Morgan fingerprint density at radius 3 is 2.11 bits per heavy atom. The predicted octanol–water partition coefficient (Wildman–Crippen LogP) is 5.54. The first kappa shape index (κ1) is 35.1. The molecule has 44 heavy (non-hydrogen) atoms. The summed E-state index contributed by atoms with van der Waals surface area (Å²) in [6, 6.07) is 0. The lowest BCUT2D eigenvalue weighted by atomic mass is 9.58. The van der Waals surface area contributed by atoms with Gasteiger partial charge in [0.15, 0.2) is 0 Å². The van der Waals surface area contributed by atoms with Crippen LogP contribution in [0.3, 0.4) is 0 Å². The van der Waals surface area contributed by atoms with Gasteiger partial charge in [0.1, 0.15) is 30.0 Å². The van der Waals surface area contributed by atoms with Crippen LogP contribution in [0.15, 0.2) is 23.3 Å². The molecule has 4 aliphatic carbocycles. The fraction of sp³-hybridized carbons (Fsp3) is 0.833. The van der Waals surface area contributed by atoms with Crippen molar-refractivity contribution in [1.29, 1.82) is 0 Å². The summed E-state index contributed by atoms with van der Waals surface area (Å²) in [5, 5.41) is 47.7. The molecule has 0 radical (unpaired) electrons. The summed E-state index contributed by atoms with van der Waals surface area (Å²) in [6.45, 7) is 11.5. The van der Waals surface area contributed by atoms with Crippen LogP contribution in [0, 0.1) is 28.6 Å². The standard InChI is InChI=1S/C36H58O8/c1-7-9-10-11-12-13-14-15-16-18-28(38)44-35-21-24(4)34-20-23(3)30(39)36(34,42)31(40)25(22-43-27(37)17-8-2)19-26(32(34)41)29(35)33(35,5)6/h19-20,24,26,29-32,39-42H,7-18,21-22H2,1-6H3/t24-,26+,29-,30+,31-,32?,34+,35+,36-/m1/s1. The van der Waals surface area contributed by atoms with Crippen molar-refractivity contribution in [3.05, 3.63) is 23.3 Å². The second-order valence-corrected chi connectivity index (χ2v) is 14.9. The largest absolute Gasteiger partial charge is 0.461 e. The van der Waals surface area contributed by atoms with Gasteiger partial charge in [-0.25, -0.2) is 0 Å². The number of hydrogen-bond acceptors (Lipinski definition) is 8. The van der Waals surface area contributed by atoms with Crippen LogP contribution in [0.2, 0.25) is 0 Å². The minimum Gasteiger partial charge on any atom is -0.461 e. The third-order valence-electron chi connectivity index (χ3n) is 11.8. The van der Waals surface area contributed by atoms with E-state index in [-0.39, 0.29) is 30.5 Å². The Bertz CT molecular complexity index is 1110. The van der Waals surface area contributed by atoms with Gasteiger partial charge < -0.3 is 29.9 Å². The van der Waals surface area contributed by atoms with Crippen molar-refractivity contribution in [2.75, 3.05) is 6.61 Å². The van der Waals surface area contributed by atoms with Gasteiger partial charge in [-0.15, -0.1) is 0 Å². The first-order valence-corrected chi connectivity index (χ1v) is 17.3. The van der Waals surface area contributed by atoms with Crippen LogP contribution in [0.5, 0.6) is 0 Å². The summed E-state index contributed by atoms with van der Waals surface area (Å²) in [5.41, 5.74) is -4.21. The maximum absolute atomic E-state index is 13.3. The molecule has 1 spiro atoms. The molecule has 9 atom stereocenters. The molecule has 4 N–H and O–H groups in total. The number of unbranched alkanes of at least 4 members (excludes halogenated alkanes) is 8. The monoisotopic (exact) mass is 618 g/mol. The maximum Gasteiger partial charge on any atom is 0.306 e. The Kier molecular flexibility index (Phi) is 10.8. The van der Waals surface area contributed by atoms with Gasteiger partial charge in [-0.1, -0.05) is 98.1 Å². The number of hydrogen-bond donors (Lipinski definition) is 4. The second-order valence-electron chi connectivity index (χ2n) is 14.9. The molecular formula is C36H58O8. The lowest BCUT2D eigenvalue weighted by Gasteiger charge is -2.51. The summed E-state index contributed by atoms with van der Waals surface area (Å²) in [5.74, 6) is -2.04. The Hall–Kier alpha value is -1.74. The van der Waals surface area contributed by atoms with E-state index in [0.29, 0.717) is 24.8 Å². The summed E-state index contributed by atoms with van der Waals surface area (Å²) < 4.78 is 11.9. The molecule has 0 saturated heterocycles. The zero-order chi connectivity index (χ0) is 32.5. The number of ether oxygens (including phenoxy) is 2. The molecule has 2 bridgehead atoms. The smallest absolute Gasteiger partial charge is 0.306 e. The van der Waals surface area contributed by atoms with E-state index in [2.05, 4.69) is 6.92 Å². The van der Waals surface area contributed by atoms with Gasteiger partial charge in [-0.2, -0.15) is 0 Å². The fourth-order valence-electron chi connectivity index (χ4n) is 9.30. The zero-order valence-corrected chi connectivity index (χ0v) is 27.9. The van der Waals surface area contributed by atoms with Gasteiger partial charge in [0.25, 0.3) is 0 Å². The molecule has 0 aromatic rings. The Morgan fingerprint density at radius 2 is 1.50 bits per heavy atom. The molecule has 0 aliphatic heterocycles. The number of carbonyl (C=O) groups is 2. The molecule has 4 aliphatic rings. The number of aliphatic hydroxyl groups is 4. The van der Waals surface area contributed by atoms with E-state index in [1.807, 2.05) is 27.7 Å². The maximum atomic E-state index is 13.3. The molecule has 0 aromatic heterocycles. The van der Waals surface area contributed by atoms with Gasteiger partial charge in [-0.3, -0.25) is 9.59 Å². The normalized spacial score (nSPS) is 38.4. The van der Waals surface area contributed by atoms with E-state index >= 15 is 0 Å². The van der Waals surface area contributed by atoms with Crippen molar-refractivity contribution in [3.8, 4) is 0 Å². The van der Waals surface area contributed by atoms with E-state index in [1.54, 1.807) is 19.1 Å². The van der Waals surface area contributed by atoms with E-state index in [1.165, 1.54) is 38.5 Å². The highest BCUT2D eigenvalue weighted by molar-refractivity contribution is 5.71. The zero-order valence-electron chi connectivity index (χ0n) is 27.9. The number of esters is 2. The molecule has 0 heterocycles. The minimum absolute atomic E-state index is 0.220. The van der Waals surface area contributed by atoms with E-state index < -0.39 is 58.1 Å². The highest BCUT2D eigenvalue weighted by atomic mass is 16.6. The quantitative estimate of drug-likeness (QED) is 0.107. The van der Waals surface area contributed by atoms with Crippen molar-refractivity contribution in [2.45, 2.75) is 155 Å². The van der Waals surface area contributed by atoms with Gasteiger partial charge >= 0.3 is 11.9 Å². The van der Waals surface area contributed by atoms with Gasteiger partial charge in [0.05, 0.1) is 11.5 Å². The molecule has 2 saturated carbocycles. The lowest BCUT2D eigenvalue weighted by Crippen LogP contribution is -2.66. The average Bonchev–Trinajstić information content (AvgIpc) is 3.38. The van der Waals surface area contributed by atoms with Gasteiger partial charge in [0, 0.05) is 30.1 Å². The summed E-state index contributed by atoms with van der Waals surface area (Å²) >= 11 is 0. The lowest BCUT2D eigenvalue weighted by molar-refractivity contribution is -0.217. The third kappa shape index (κ3) is 5.71. The van der Waals surface area contributed by atoms with E-state index in [9.17, 15) is 30.0 Å². The molecule has 8 nitrogen and oxygen atoms in total. The molecular weight excluding hydrogens is 560 g/mol. The number of carbonyl (C=O) groups excluding carboxylic acids is 2. The highest BCUT2D eigenvalue weighted by Crippen LogP contribution is 2.76. The van der Waals surface area contributed by atoms with Gasteiger partial charge in [0.2, 0.25) is 0 Å². The minimum atomic E-state index is -2.16. The van der Waals surface area contributed by atoms with Crippen LogP contribution in [0.4, 0.5) is 0 Å². The van der Waals surface area contributed by atoms with Crippen molar-refractivity contribution in [3.63, 3.8) is 0 Å². The topological polar surface area (TPSA) is 134 Å². The van der Waals surface area contributed by atoms with Gasteiger partial charge in [-0.05, 0) is 43.3 Å². The molecule has 2 fully saturated rings. The van der Waals surface area contributed by atoms with Crippen LogP contribution in [-0.2, 0) is 19.1 Å². The Labute approximate surface area is 264 Å². The Balaban J connectivity index is 1.57. The van der Waals surface area contributed by atoms with Crippen molar-refractivity contribution in [2.24, 2.45) is 28.6 Å². The summed E-state index contributed by atoms with van der Waals surface area (Å²) in [4.78, 5) is 25.6. The fourth-order valence-corrected chi connectivity index (χ4v) is 9.30. The van der Waals surface area contributed by atoms with Crippen LogP contribution < -0.4 is 0 Å². The second kappa shape index (κ2) is 13.5. The molecule has 0 aromatic carbocycles. The number of aliphatic hydroxyl groups excluding tert-OH is 3. The summed E-state index contributed by atoms with van der Waals surface area (Å²) in [7, 11) is 0. The first-order valence-electron chi connectivity index (χ1n) is 17.3. The van der Waals surface area contributed by atoms with E-state index in [4.69, 9.17) is 9.47 Å². The van der Waals surface area contributed by atoms with Crippen LogP contribution in [0.1, 0.15) is 125 Å². The highest BCUT2D eigenvalue weighted by Gasteiger charge is 2.82. The van der Waals surface area contributed by atoms with Crippen LogP contribution in [-0.4, -0.2) is 68.5 Å². The molecule has 0 amide bonds. The van der Waals surface area contributed by atoms with Crippen LogP contribution >= 0.6 is 0 Å². The average molecular weight is 619 g/mol. The molecule has 4 rings (SSSR count). The number of fused-ring (bicyclic) bond motifs is 3.